The lowest BCUT2D eigenvalue weighted by Crippen LogP contribution is -2.30. The first kappa shape index (κ1) is 9.21. The molecule has 3 heteroatoms. The first-order valence-electron chi connectivity index (χ1n) is 4.71. The second-order valence-electron chi connectivity index (χ2n) is 3.54. The van der Waals surface area contributed by atoms with Crippen molar-refractivity contribution < 1.29 is 9.63 Å². The summed E-state index contributed by atoms with van der Waals surface area (Å²) in [6.45, 7) is 0. The van der Waals surface area contributed by atoms with E-state index in [9.17, 15) is 4.79 Å². The van der Waals surface area contributed by atoms with Crippen molar-refractivity contribution in [1.29, 1.82) is 0 Å². The third kappa shape index (κ3) is 1.63. The molecule has 1 aliphatic carbocycles. The minimum absolute atomic E-state index is 0.0244. The fraction of sp³-hybridized carbons (Fsp3) is 0.364. The van der Waals surface area contributed by atoms with E-state index >= 15 is 0 Å². The highest BCUT2D eigenvalue weighted by Crippen LogP contribution is 2.26. The van der Waals surface area contributed by atoms with E-state index in [-0.39, 0.29) is 11.8 Å². The molecule has 0 unspecified atom stereocenters. The lowest BCUT2D eigenvalue weighted by molar-refractivity contribution is -0.135. The van der Waals surface area contributed by atoms with Gasteiger partial charge in [-0.25, -0.2) is 5.48 Å². The number of benzene rings is 1. The van der Waals surface area contributed by atoms with Gasteiger partial charge in [0.2, 0.25) is 5.91 Å². The molecule has 1 aromatic carbocycles. The Morgan fingerprint density at radius 1 is 1.36 bits per heavy atom. The molecule has 2 rings (SSSR count). The van der Waals surface area contributed by atoms with E-state index in [0.717, 1.165) is 12.8 Å². The molecule has 1 aliphatic rings. The SMILES string of the molecule is CONC(=O)C1Cc2ccccc2C1. The lowest BCUT2D eigenvalue weighted by atomic mass is 10.1. The summed E-state index contributed by atoms with van der Waals surface area (Å²) in [5, 5.41) is 0. The number of rotatable bonds is 2. The molecule has 0 spiro atoms. The maximum absolute atomic E-state index is 11.5. The van der Waals surface area contributed by atoms with Crippen molar-refractivity contribution in [3.05, 3.63) is 35.4 Å². The summed E-state index contributed by atoms with van der Waals surface area (Å²) in [4.78, 5) is 16.1. The molecule has 0 saturated carbocycles. The van der Waals surface area contributed by atoms with Gasteiger partial charge in [0.1, 0.15) is 0 Å². The predicted molar refractivity (Wildman–Crippen MR) is 52.5 cm³/mol. The minimum Gasteiger partial charge on any atom is -0.277 e. The summed E-state index contributed by atoms with van der Waals surface area (Å²) in [6, 6.07) is 8.18. The van der Waals surface area contributed by atoms with Crippen LogP contribution in [0.5, 0.6) is 0 Å². The molecule has 0 radical (unpaired) electrons. The van der Waals surface area contributed by atoms with Crippen molar-refractivity contribution in [3.8, 4) is 0 Å². The van der Waals surface area contributed by atoms with Crippen molar-refractivity contribution in [2.45, 2.75) is 12.8 Å². The van der Waals surface area contributed by atoms with E-state index in [0.29, 0.717) is 0 Å². The van der Waals surface area contributed by atoms with Gasteiger partial charge in [-0.15, -0.1) is 0 Å². The molecule has 0 saturated heterocycles. The molecular formula is C11H13NO2. The average molecular weight is 191 g/mol. The van der Waals surface area contributed by atoms with Crippen molar-refractivity contribution in [3.63, 3.8) is 0 Å². The van der Waals surface area contributed by atoms with Crippen LogP contribution in [-0.2, 0) is 22.5 Å². The second-order valence-corrected chi connectivity index (χ2v) is 3.54. The third-order valence-corrected chi connectivity index (χ3v) is 2.62. The average Bonchev–Trinajstić information content (AvgIpc) is 2.61. The Morgan fingerprint density at radius 3 is 2.43 bits per heavy atom. The van der Waals surface area contributed by atoms with Gasteiger partial charge in [0.05, 0.1) is 7.11 Å². The van der Waals surface area contributed by atoms with Crippen LogP contribution in [0.3, 0.4) is 0 Å². The van der Waals surface area contributed by atoms with E-state index < -0.39 is 0 Å². The number of amides is 1. The molecule has 14 heavy (non-hydrogen) atoms. The van der Waals surface area contributed by atoms with Gasteiger partial charge < -0.3 is 0 Å². The maximum Gasteiger partial charge on any atom is 0.247 e. The van der Waals surface area contributed by atoms with Gasteiger partial charge >= 0.3 is 0 Å². The maximum atomic E-state index is 11.5. The standard InChI is InChI=1S/C11H13NO2/c1-14-12-11(13)10-6-8-4-2-3-5-9(8)7-10/h2-5,10H,6-7H2,1H3,(H,12,13). The van der Waals surface area contributed by atoms with Gasteiger partial charge in [-0.1, -0.05) is 24.3 Å². The van der Waals surface area contributed by atoms with Gasteiger partial charge in [-0.2, -0.15) is 0 Å². The molecule has 3 nitrogen and oxygen atoms in total. The zero-order chi connectivity index (χ0) is 9.97. The Morgan fingerprint density at radius 2 is 1.93 bits per heavy atom. The topological polar surface area (TPSA) is 38.3 Å². The normalized spacial score (nSPS) is 15.2. The zero-order valence-electron chi connectivity index (χ0n) is 8.12. The third-order valence-electron chi connectivity index (χ3n) is 2.62. The lowest BCUT2D eigenvalue weighted by Gasteiger charge is -2.07. The molecule has 1 amide bonds. The van der Waals surface area contributed by atoms with Crippen LogP contribution >= 0.6 is 0 Å². The molecule has 0 atom stereocenters. The smallest absolute Gasteiger partial charge is 0.247 e. The van der Waals surface area contributed by atoms with Crippen LogP contribution in [0.1, 0.15) is 11.1 Å². The predicted octanol–water partition coefficient (Wildman–Crippen LogP) is 1.08. The zero-order valence-corrected chi connectivity index (χ0v) is 8.12. The molecule has 1 aromatic rings. The summed E-state index contributed by atoms with van der Waals surface area (Å²) in [6.07, 6.45) is 1.65. The minimum atomic E-state index is -0.0244. The van der Waals surface area contributed by atoms with Crippen molar-refractivity contribution >= 4 is 5.91 Å². The first-order chi connectivity index (χ1) is 6.81. The van der Waals surface area contributed by atoms with E-state index in [1.54, 1.807) is 0 Å². The van der Waals surface area contributed by atoms with Crippen molar-refractivity contribution in [2.24, 2.45) is 5.92 Å². The van der Waals surface area contributed by atoms with Gasteiger partial charge in [0, 0.05) is 5.92 Å². The van der Waals surface area contributed by atoms with Gasteiger partial charge in [-0.05, 0) is 24.0 Å². The Bertz CT molecular complexity index is 324. The van der Waals surface area contributed by atoms with E-state index in [1.807, 2.05) is 12.1 Å². The molecular weight excluding hydrogens is 178 g/mol. The summed E-state index contributed by atoms with van der Waals surface area (Å²) in [5.74, 6) is 0.0102. The number of hydrogen-bond acceptors (Lipinski definition) is 2. The number of carbonyl (C=O) groups is 1. The van der Waals surface area contributed by atoms with E-state index in [4.69, 9.17) is 0 Å². The first-order valence-corrected chi connectivity index (χ1v) is 4.71. The van der Waals surface area contributed by atoms with Crippen LogP contribution in [-0.4, -0.2) is 13.0 Å². The molecule has 1 N–H and O–H groups in total. The summed E-state index contributed by atoms with van der Waals surface area (Å²) < 4.78 is 0. The number of carbonyl (C=O) groups excluding carboxylic acids is 1. The summed E-state index contributed by atoms with van der Waals surface area (Å²) in [7, 11) is 1.46. The highest BCUT2D eigenvalue weighted by molar-refractivity contribution is 5.79. The molecule has 0 bridgehead atoms. The van der Waals surface area contributed by atoms with Gasteiger partial charge in [0.25, 0.3) is 0 Å². The van der Waals surface area contributed by atoms with E-state index in [1.165, 1.54) is 18.2 Å². The summed E-state index contributed by atoms with van der Waals surface area (Å²) >= 11 is 0. The van der Waals surface area contributed by atoms with Crippen molar-refractivity contribution in [1.82, 2.24) is 5.48 Å². The highest BCUT2D eigenvalue weighted by Gasteiger charge is 2.26. The van der Waals surface area contributed by atoms with Crippen LogP contribution in [0.4, 0.5) is 0 Å². The van der Waals surface area contributed by atoms with Gasteiger partial charge in [0.15, 0.2) is 0 Å². The highest BCUT2D eigenvalue weighted by atomic mass is 16.6. The Balaban J connectivity index is 2.08. The quantitative estimate of drug-likeness (QED) is 0.710. The van der Waals surface area contributed by atoms with Crippen LogP contribution in [0, 0.1) is 5.92 Å². The van der Waals surface area contributed by atoms with Crippen LogP contribution in [0.25, 0.3) is 0 Å². The Hall–Kier alpha value is -1.35. The molecule has 0 aliphatic heterocycles. The summed E-state index contributed by atoms with van der Waals surface area (Å²) in [5.41, 5.74) is 4.95. The number of nitrogens with one attached hydrogen (secondary N) is 1. The fourth-order valence-corrected chi connectivity index (χ4v) is 1.93. The van der Waals surface area contributed by atoms with E-state index in [2.05, 4.69) is 22.5 Å². The van der Waals surface area contributed by atoms with Crippen molar-refractivity contribution in [2.75, 3.05) is 7.11 Å². The van der Waals surface area contributed by atoms with Crippen LogP contribution in [0.2, 0.25) is 0 Å². The number of fused-ring (bicyclic) bond motifs is 1. The molecule has 0 aromatic heterocycles. The number of hydroxylamine groups is 1. The van der Waals surface area contributed by atoms with Crippen LogP contribution < -0.4 is 5.48 Å². The number of hydrogen-bond donors (Lipinski definition) is 1. The fourth-order valence-electron chi connectivity index (χ4n) is 1.93. The Labute approximate surface area is 83.0 Å². The monoisotopic (exact) mass is 191 g/mol. The van der Waals surface area contributed by atoms with Gasteiger partial charge in [-0.3, -0.25) is 9.63 Å². The van der Waals surface area contributed by atoms with Crippen LogP contribution in [0.15, 0.2) is 24.3 Å². The largest absolute Gasteiger partial charge is 0.277 e. The Kier molecular flexibility index (Phi) is 2.50. The molecule has 0 fully saturated rings. The molecule has 74 valence electrons. The second kappa shape index (κ2) is 3.80. The molecule has 0 heterocycles.